The van der Waals surface area contributed by atoms with Crippen molar-refractivity contribution in [3.05, 3.63) is 83.2 Å². The molecule has 3 atom stereocenters. The molecule has 0 heterocycles. The first-order valence-electron chi connectivity index (χ1n) is 12.7. The predicted octanol–water partition coefficient (Wildman–Crippen LogP) is 6.27. The summed E-state index contributed by atoms with van der Waals surface area (Å²) in [6, 6.07) is 14.3. The number of aliphatic hydroxyl groups excluding tert-OH is 1. The molecule has 36 heavy (non-hydrogen) atoms. The second-order valence-electron chi connectivity index (χ2n) is 9.54. The number of ether oxygens (including phenoxy) is 2. The van der Waals surface area contributed by atoms with E-state index in [0.29, 0.717) is 18.0 Å². The fourth-order valence-corrected chi connectivity index (χ4v) is 4.45. The van der Waals surface area contributed by atoms with Crippen molar-refractivity contribution in [2.45, 2.75) is 64.8 Å². The van der Waals surface area contributed by atoms with Gasteiger partial charge in [0.25, 0.3) is 0 Å². The van der Waals surface area contributed by atoms with Crippen molar-refractivity contribution in [2.24, 2.45) is 11.8 Å². The van der Waals surface area contributed by atoms with Gasteiger partial charge in [0, 0.05) is 11.3 Å². The van der Waals surface area contributed by atoms with E-state index in [1.54, 1.807) is 12.1 Å². The minimum Gasteiger partial charge on any atom is -0.469 e. The number of aliphatic hydroxyl groups is 1. The first-order valence-corrected chi connectivity index (χ1v) is 12.7. The fourth-order valence-electron chi connectivity index (χ4n) is 4.45. The maximum absolute atomic E-state index is 13.8. The minimum absolute atomic E-state index is 0.0812. The summed E-state index contributed by atoms with van der Waals surface area (Å²) in [7, 11) is 1.35. The number of carbonyl (C=O) groups excluding carboxylic acids is 1. The molecule has 1 saturated carbocycles. The van der Waals surface area contributed by atoms with Crippen LogP contribution < -0.4 is 5.73 Å². The van der Waals surface area contributed by atoms with Crippen LogP contribution >= 0.6 is 0 Å². The average Bonchev–Trinajstić information content (AvgIpc) is 3.67. The van der Waals surface area contributed by atoms with E-state index in [1.165, 1.54) is 39.0 Å². The summed E-state index contributed by atoms with van der Waals surface area (Å²) in [5.74, 6) is 0.0946. The van der Waals surface area contributed by atoms with E-state index in [1.807, 2.05) is 24.3 Å². The molecule has 2 aromatic carbocycles. The number of halogens is 1. The number of benzene rings is 2. The lowest BCUT2D eigenvalue weighted by Crippen LogP contribution is -2.25. The molecule has 2 aromatic rings. The third kappa shape index (κ3) is 8.32. The molecule has 6 heteroatoms. The molecule has 3 N–H and O–H groups in total. The Morgan fingerprint density at radius 2 is 1.89 bits per heavy atom. The summed E-state index contributed by atoms with van der Waals surface area (Å²) in [5.41, 5.74) is 11.1. The van der Waals surface area contributed by atoms with Crippen LogP contribution in [0, 0.1) is 17.7 Å². The van der Waals surface area contributed by atoms with Crippen molar-refractivity contribution in [3.63, 3.8) is 0 Å². The van der Waals surface area contributed by atoms with Crippen LogP contribution in [0.5, 0.6) is 0 Å². The van der Waals surface area contributed by atoms with E-state index in [9.17, 15) is 14.3 Å². The van der Waals surface area contributed by atoms with Crippen molar-refractivity contribution >= 4 is 17.2 Å². The average molecular weight is 496 g/mol. The topological polar surface area (TPSA) is 81.8 Å². The summed E-state index contributed by atoms with van der Waals surface area (Å²) in [4.78, 5) is 11.9. The molecule has 1 aliphatic rings. The lowest BCUT2D eigenvalue weighted by Gasteiger charge is -2.22. The highest BCUT2D eigenvalue weighted by molar-refractivity contribution is 5.88. The monoisotopic (exact) mass is 495 g/mol. The van der Waals surface area contributed by atoms with Crippen molar-refractivity contribution in [2.75, 3.05) is 12.8 Å². The van der Waals surface area contributed by atoms with Crippen LogP contribution in [0.3, 0.4) is 0 Å². The highest BCUT2D eigenvalue weighted by Gasteiger charge is 2.25. The highest BCUT2D eigenvalue weighted by Crippen LogP contribution is 2.41. The van der Waals surface area contributed by atoms with Crippen molar-refractivity contribution in [1.82, 2.24) is 0 Å². The molecule has 0 aliphatic heterocycles. The molecular weight excluding hydrogens is 457 g/mol. The van der Waals surface area contributed by atoms with Crippen LogP contribution in [0.2, 0.25) is 0 Å². The zero-order valence-electron chi connectivity index (χ0n) is 21.5. The van der Waals surface area contributed by atoms with E-state index in [-0.39, 0.29) is 24.1 Å². The van der Waals surface area contributed by atoms with Gasteiger partial charge in [0.1, 0.15) is 5.82 Å². The smallest absolute Gasteiger partial charge is 0.308 e. The Labute approximate surface area is 213 Å². The predicted molar refractivity (Wildman–Crippen MR) is 141 cm³/mol. The Balaban J connectivity index is 1.99. The van der Waals surface area contributed by atoms with Crippen molar-refractivity contribution < 1.29 is 23.8 Å². The van der Waals surface area contributed by atoms with E-state index >= 15 is 0 Å². The van der Waals surface area contributed by atoms with Gasteiger partial charge in [-0.05, 0) is 85.8 Å². The Bertz CT molecular complexity index is 1060. The van der Waals surface area contributed by atoms with Crippen LogP contribution in [0.15, 0.2) is 66.3 Å². The molecule has 1 aliphatic carbocycles. The van der Waals surface area contributed by atoms with Gasteiger partial charge in [-0.15, -0.1) is 0 Å². The zero-order valence-corrected chi connectivity index (χ0v) is 21.5. The van der Waals surface area contributed by atoms with Crippen LogP contribution in [0.1, 0.15) is 63.5 Å². The highest BCUT2D eigenvalue weighted by atomic mass is 19.1. The summed E-state index contributed by atoms with van der Waals surface area (Å²) >= 11 is 0. The number of hydrogen-bond donors (Lipinski definition) is 2. The Kier molecular flexibility index (Phi) is 10.3. The molecule has 3 unspecified atom stereocenters. The summed E-state index contributed by atoms with van der Waals surface area (Å²) in [6.45, 7) is 3.63. The first-order chi connectivity index (χ1) is 17.3. The number of anilines is 1. The SMILES string of the molecule is CCC(/C=C/C(CC1CC1)=C(\c1ccc(F)cc1)c1ccccc1N)CC(CC(=O)OC)OC(C)O. The Morgan fingerprint density at radius 1 is 1.19 bits per heavy atom. The number of allylic oxidation sites excluding steroid dienone is 3. The molecule has 0 radical (unpaired) electrons. The molecule has 0 spiro atoms. The van der Waals surface area contributed by atoms with E-state index in [0.717, 1.165) is 35.1 Å². The van der Waals surface area contributed by atoms with Gasteiger partial charge >= 0.3 is 5.97 Å². The number of rotatable bonds is 13. The number of hydrogen-bond acceptors (Lipinski definition) is 5. The normalized spacial score (nSPS) is 16.9. The number of para-hydroxylation sites is 1. The molecule has 0 saturated heterocycles. The second kappa shape index (κ2) is 13.4. The van der Waals surface area contributed by atoms with Crippen LogP contribution in [0.25, 0.3) is 5.57 Å². The first kappa shape index (κ1) is 27.6. The van der Waals surface area contributed by atoms with E-state index in [4.69, 9.17) is 15.2 Å². The summed E-state index contributed by atoms with van der Waals surface area (Å²) in [5, 5.41) is 9.75. The van der Waals surface area contributed by atoms with E-state index < -0.39 is 12.4 Å². The van der Waals surface area contributed by atoms with Crippen LogP contribution in [-0.2, 0) is 14.3 Å². The van der Waals surface area contributed by atoms with Gasteiger partial charge < -0.3 is 20.3 Å². The van der Waals surface area contributed by atoms with Gasteiger partial charge in [-0.25, -0.2) is 4.39 Å². The van der Waals surface area contributed by atoms with Gasteiger partial charge in [0.2, 0.25) is 0 Å². The third-order valence-electron chi connectivity index (χ3n) is 6.56. The van der Waals surface area contributed by atoms with Gasteiger partial charge in [-0.2, -0.15) is 0 Å². The maximum Gasteiger partial charge on any atom is 0.308 e. The molecule has 0 aromatic heterocycles. The lowest BCUT2D eigenvalue weighted by atomic mass is 9.88. The van der Waals surface area contributed by atoms with Gasteiger partial charge in [0.15, 0.2) is 6.29 Å². The fraction of sp³-hybridized carbons (Fsp3) is 0.433. The van der Waals surface area contributed by atoms with Crippen molar-refractivity contribution in [1.29, 1.82) is 0 Å². The quantitative estimate of drug-likeness (QED) is 0.148. The third-order valence-corrected chi connectivity index (χ3v) is 6.56. The summed E-state index contributed by atoms with van der Waals surface area (Å²) < 4.78 is 24.2. The number of carbonyl (C=O) groups is 1. The summed E-state index contributed by atoms with van der Waals surface area (Å²) in [6.07, 6.45) is 7.68. The second-order valence-corrected chi connectivity index (χ2v) is 9.54. The molecule has 1 fully saturated rings. The van der Waals surface area contributed by atoms with E-state index in [2.05, 4.69) is 19.1 Å². The van der Waals surface area contributed by atoms with Gasteiger partial charge in [-0.1, -0.05) is 49.4 Å². The number of nitrogen functional groups attached to an aromatic ring is 1. The standard InChI is InChI=1S/C30H38FNO4/c1-4-21(18-26(36-20(2)33)19-29(34)35-3)11-12-24(17-22-9-10-22)30(23-13-15-25(31)16-14-23)27-7-5-6-8-28(27)32/h5-8,11-16,20-22,26,33H,4,9-10,17-19,32H2,1-3H3/b12-11+,30-24-. The largest absolute Gasteiger partial charge is 0.469 e. The minimum atomic E-state index is -0.974. The van der Waals surface area contributed by atoms with Crippen molar-refractivity contribution in [3.8, 4) is 0 Å². The number of nitrogens with two attached hydrogens (primary N) is 1. The molecule has 194 valence electrons. The molecule has 3 rings (SSSR count). The molecule has 5 nitrogen and oxygen atoms in total. The van der Waals surface area contributed by atoms with Gasteiger partial charge in [0.05, 0.1) is 19.6 Å². The molecule has 0 bridgehead atoms. The van der Waals surface area contributed by atoms with Gasteiger partial charge in [-0.3, -0.25) is 4.79 Å². The lowest BCUT2D eigenvalue weighted by molar-refractivity contribution is -0.155. The zero-order chi connectivity index (χ0) is 26.1. The maximum atomic E-state index is 13.8. The molecular formula is C30H38FNO4. The number of esters is 1. The van der Waals surface area contributed by atoms with Crippen LogP contribution in [-0.4, -0.2) is 30.6 Å². The molecule has 0 amide bonds. The Morgan fingerprint density at radius 3 is 2.47 bits per heavy atom. The Hall–Kier alpha value is -2.96. The number of methoxy groups -OCH3 is 1. The van der Waals surface area contributed by atoms with Crippen LogP contribution in [0.4, 0.5) is 10.1 Å².